The number of carbonyl (C=O) groups is 1. The predicted molar refractivity (Wildman–Crippen MR) is 123 cm³/mol. The van der Waals surface area contributed by atoms with Crippen LogP contribution in [0.2, 0.25) is 15.1 Å². The molecule has 3 aromatic rings. The van der Waals surface area contributed by atoms with Crippen LogP contribution in [0.4, 0.5) is 11.4 Å². The molecule has 3 aromatic carbocycles. The first-order valence-electron chi connectivity index (χ1n) is 9.11. The van der Waals surface area contributed by atoms with E-state index in [2.05, 4.69) is 0 Å². The first kappa shape index (κ1) is 22.0. The van der Waals surface area contributed by atoms with Crippen LogP contribution in [0.5, 0.6) is 0 Å². The van der Waals surface area contributed by atoms with Gasteiger partial charge in [-0.3, -0.25) is 9.69 Å². The number of hydrogen-bond donors (Lipinski definition) is 3. The number of quaternary nitrogens is 1. The molecule has 0 radical (unpaired) electrons. The fourth-order valence-corrected chi connectivity index (χ4v) is 4.93. The average molecular weight is 495 g/mol. The lowest BCUT2D eigenvalue weighted by Crippen LogP contribution is -2.73. The third-order valence-corrected chi connectivity index (χ3v) is 6.73. The molecule has 1 unspecified atom stereocenters. The van der Waals surface area contributed by atoms with Crippen molar-refractivity contribution in [2.75, 3.05) is 4.90 Å². The molecule has 1 heterocycles. The third kappa shape index (κ3) is 4.41. The Hall–Kier alpha value is -2.19. The molecule has 0 aliphatic carbocycles. The fourth-order valence-electron chi connectivity index (χ4n) is 3.34. The molecule has 5 nitrogen and oxygen atoms in total. The van der Waals surface area contributed by atoms with Crippen molar-refractivity contribution in [3.63, 3.8) is 0 Å². The highest BCUT2D eigenvalue weighted by atomic mass is 35.5. The molecule has 4 N–H and O–H groups in total. The van der Waals surface area contributed by atoms with Gasteiger partial charge in [-0.2, -0.15) is 5.48 Å². The number of nitrogens with two attached hydrogens (primary N) is 1. The van der Waals surface area contributed by atoms with E-state index in [1.54, 1.807) is 54.6 Å². The Morgan fingerprint density at radius 3 is 2.35 bits per heavy atom. The van der Waals surface area contributed by atoms with E-state index in [9.17, 15) is 15.1 Å². The smallest absolute Gasteiger partial charge is 0.294 e. The summed E-state index contributed by atoms with van der Waals surface area (Å²) in [6.07, 6.45) is 0. The summed E-state index contributed by atoms with van der Waals surface area (Å²) < 4.78 is 0. The van der Waals surface area contributed by atoms with E-state index in [4.69, 9.17) is 34.8 Å². The summed E-state index contributed by atoms with van der Waals surface area (Å²) >= 11 is 19.5. The van der Waals surface area contributed by atoms with Gasteiger partial charge in [0, 0.05) is 26.7 Å². The molecule has 0 spiro atoms. The van der Waals surface area contributed by atoms with E-state index in [1.807, 2.05) is 12.1 Å². The Kier molecular flexibility index (Phi) is 6.48. The number of benzene rings is 3. The topological polar surface area (TPSA) is 77.4 Å². The second kappa shape index (κ2) is 9.12. The summed E-state index contributed by atoms with van der Waals surface area (Å²) in [5, 5.41) is 21.6. The number of hydrogen-bond acceptors (Lipinski definition) is 4. The lowest BCUT2D eigenvalue weighted by Gasteiger charge is -2.27. The molecule has 0 bridgehead atoms. The van der Waals surface area contributed by atoms with Crippen LogP contribution in [0.3, 0.4) is 0 Å². The van der Waals surface area contributed by atoms with E-state index in [1.165, 1.54) is 16.7 Å². The normalized spacial score (nSPS) is 16.3. The Morgan fingerprint density at radius 1 is 0.935 bits per heavy atom. The van der Waals surface area contributed by atoms with Crippen molar-refractivity contribution >= 4 is 63.8 Å². The van der Waals surface area contributed by atoms with Gasteiger partial charge in [-0.15, -0.1) is 0 Å². The standard InChI is InChI=1S/C22H15Cl3N2O3S/c23-13-6-4-12(5-7-13)19-21(31-16-8-9-17(25)18(11-16)26-30)20(28)22(29)27(19)15-3-1-2-14(24)10-15/h1-11,19,26,28,30H/p+1. The van der Waals surface area contributed by atoms with Crippen LogP contribution in [0, 0.1) is 0 Å². The zero-order chi connectivity index (χ0) is 22.1. The maximum absolute atomic E-state index is 13.1. The molecule has 4 rings (SSSR count). The van der Waals surface area contributed by atoms with Gasteiger partial charge in [-0.25, -0.2) is 5.21 Å². The number of amides is 1. The molecule has 1 amide bonds. The Bertz CT molecular complexity index is 1180. The summed E-state index contributed by atoms with van der Waals surface area (Å²) in [7, 11) is 0. The van der Waals surface area contributed by atoms with Crippen LogP contribution in [0.1, 0.15) is 11.6 Å². The van der Waals surface area contributed by atoms with E-state index in [0.717, 1.165) is 11.0 Å². The number of halogens is 3. The quantitative estimate of drug-likeness (QED) is 0.306. The molecule has 1 atom stereocenters. The Labute approximate surface area is 197 Å². The molecule has 1 aliphatic rings. The molecular formula is C22H16Cl3N2O3S+. The molecule has 158 valence electrons. The molecule has 1 aliphatic heterocycles. The van der Waals surface area contributed by atoms with Gasteiger partial charge in [0.1, 0.15) is 5.02 Å². The zero-order valence-corrected chi connectivity index (χ0v) is 18.9. The minimum Gasteiger partial charge on any atom is -0.502 e. The summed E-state index contributed by atoms with van der Waals surface area (Å²) in [6, 6.07) is 18.5. The lowest BCUT2D eigenvalue weighted by molar-refractivity contribution is -0.825. The second-order valence-electron chi connectivity index (χ2n) is 6.74. The minimum atomic E-state index is -0.592. The van der Waals surface area contributed by atoms with Gasteiger partial charge >= 0.3 is 0 Å². The van der Waals surface area contributed by atoms with Crippen molar-refractivity contribution in [3.05, 3.63) is 98.0 Å². The van der Waals surface area contributed by atoms with E-state index in [0.29, 0.717) is 36.2 Å². The molecule has 31 heavy (non-hydrogen) atoms. The maximum Gasteiger partial charge on any atom is 0.294 e. The first-order valence-corrected chi connectivity index (χ1v) is 11.1. The SMILES string of the molecule is O=C1C(O)=C(Sc2ccc(Cl)c([NH2+]O)c2)C(c2ccc(Cl)cc2)N1c1cccc(Cl)c1. The second-order valence-corrected chi connectivity index (χ2v) is 9.13. The summed E-state index contributed by atoms with van der Waals surface area (Å²) in [5.74, 6) is -0.887. The van der Waals surface area contributed by atoms with Crippen LogP contribution in [-0.2, 0) is 4.79 Å². The number of aliphatic hydroxyl groups is 1. The molecule has 9 heteroatoms. The van der Waals surface area contributed by atoms with Crippen LogP contribution in [0.15, 0.2) is 82.3 Å². The van der Waals surface area contributed by atoms with Crippen LogP contribution in [0.25, 0.3) is 0 Å². The highest BCUT2D eigenvalue weighted by Gasteiger charge is 2.42. The van der Waals surface area contributed by atoms with Gasteiger partial charge < -0.3 is 5.11 Å². The molecule has 0 saturated heterocycles. The van der Waals surface area contributed by atoms with E-state index >= 15 is 0 Å². The number of aliphatic hydroxyl groups excluding tert-OH is 1. The highest BCUT2D eigenvalue weighted by molar-refractivity contribution is 8.03. The van der Waals surface area contributed by atoms with Crippen LogP contribution >= 0.6 is 46.6 Å². The van der Waals surface area contributed by atoms with Crippen molar-refractivity contribution in [3.8, 4) is 0 Å². The van der Waals surface area contributed by atoms with Gasteiger partial charge in [-0.05, 0) is 48.0 Å². The minimum absolute atomic E-state index is 0.352. The summed E-state index contributed by atoms with van der Waals surface area (Å²) in [6.45, 7) is 0. The first-order chi connectivity index (χ1) is 14.9. The van der Waals surface area contributed by atoms with Crippen molar-refractivity contribution in [2.24, 2.45) is 0 Å². The van der Waals surface area contributed by atoms with Crippen LogP contribution < -0.4 is 10.4 Å². The molecular weight excluding hydrogens is 479 g/mol. The lowest BCUT2D eigenvalue weighted by atomic mass is 10.1. The maximum atomic E-state index is 13.1. The number of carbonyl (C=O) groups excluding carboxylic acids is 1. The molecule has 0 fully saturated rings. The number of anilines is 1. The van der Waals surface area contributed by atoms with Gasteiger partial charge in [-0.1, -0.05) is 64.8 Å². The van der Waals surface area contributed by atoms with Gasteiger partial charge in [0.25, 0.3) is 5.91 Å². The summed E-state index contributed by atoms with van der Waals surface area (Å²) in [4.78, 5) is 15.8. The van der Waals surface area contributed by atoms with Gasteiger partial charge in [0.2, 0.25) is 0 Å². The molecule has 0 aromatic heterocycles. The summed E-state index contributed by atoms with van der Waals surface area (Å²) in [5.41, 5.74) is 2.67. The van der Waals surface area contributed by atoms with Crippen molar-refractivity contribution < 1.29 is 20.6 Å². The van der Waals surface area contributed by atoms with E-state index < -0.39 is 11.9 Å². The number of rotatable bonds is 5. The molecule has 0 saturated carbocycles. The average Bonchev–Trinajstić information content (AvgIpc) is 3.00. The Morgan fingerprint density at radius 2 is 1.68 bits per heavy atom. The number of thioether (sulfide) groups is 1. The van der Waals surface area contributed by atoms with Crippen LogP contribution in [-0.4, -0.2) is 16.2 Å². The van der Waals surface area contributed by atoms with Crippen molar-refractivity contribution in [2.45, 2.75) is 10.9 Å². The zero-order valence-electron chi connectivity index (χ0n) is 15.8. The third-order valence-electron chi connectivity index (χ3n) is 4.77. The fraction of sp³-hybridized carbons (Fsp3) is 0.0455. The van der Waals surface area contributed by atoms with Crippen molar-refractivity contribution in [1.29, 1.82) is 0 Å². The predicted octanol–water partition coefficient (Wildman–Crippen LogP) is 5.88. The number of nitrogens with zero attached hydrogens (tertiary/aromatic N) is 1. The largest absolute Gasteiger partial charge is 0.502 e. The van der Waals surface area contributed by atoms with Crippen molar-refractivity contribution in [1.82, 2.24) is 0 Å². The van der Waals surface area contributed by atoms with Gasteiger partial charge in [0.15, 0.2) is 11.4 Å². The van der Waals surface area contributed by atoms with E-state index in [-0.39, 0.29) is 5.76 Å². The van der Waals surface area contributed by atoms with Gasteiger partial charge in [0.05, 0.1) is 10.9 Å². The Balaban J connectivity index is 1.81. The monoisotopic (exact) mass is 493 g/mol. The highest BCUT2D eigenvalue weighted by Crippen LogP contribution is 2.48.